The summed E-state index contributed by atoms with van der Waals surface area (Å²) >= 11 is 12.3. The summed E-state index contributed by atoms with van der Waals surface area (Å²) in [6.45, 7) is 4.55. The van der Waals surface area contributed by atoms with Crippen LogP contribution in [-0.4, -0.2) is 114 Å². The third-order valence-electron chi connectivity index (χ3n) is 9.09. The average Bonchev–Trinajstić information content (AvgIpc) is 3.70. The molecule has 44 heavy (non-hydrogen) atoms. The van der Waals surface area contributed by atoms with Crippen LogP contribution in [0.5, 0.6) is 5.75 Å². The van der Waals surface area contributed by atoms with Gasteiger partial charge < -0.3 is 34.6 Å². The topological polar surface area (TPSA) is 115 Å². The van der Waals surface area contributed by atoms with Crippen LogP contribution in [0.2, 0.25) is 10.0 Å². The van der Waals surface area contributed by atoms with E-state index in [1.165, 1.54) is 12.1 Å². The highest BCUT2D eigenvalue weighted by Crippen LogP contribution is 2.34. The molecule has 2 N–H and O–H groups in total. The number of carbonyl (C=O) groups is 3. The Balaban J connectivity index is 1.10. The second kappa shape index (κ2) is 13.4. The van der Waals surface area contributed by atoms with Gasteiger partial charge in [-0.05, 0) is 55.0 Å². The maximum absolute atomic E-state index is 13.8. The first kappa shape index (κ1) is 30.8. The lowest BCUT2D eigenvalue weighted by atomic mass is 10.0. The van der Waals surface area contributed by atoms with Crippen LogP contribution in [0.25, 0.3) is 0 Å². The first-order valence-electron chi connectivity index (χ1n) is 15.2. The number of piperidine rings is 1. The Labute approximate surface area is 266 Å². The Morgan fingerprint density at radius 3 is 2.43 bits per heavy atom. The third-order valence-corrected chi connectivity index (χ3v) is 9.67. The van der Waals surface area contributed by atoms with Gasteiger partial charge in [0.25, 0.3) is 5.91 Å². The van der Waals surface area contributed by atoms with Crippen molar-refractivity contribution in [2.45, 2.75) is 50.3 Å². The second-order valence-corrected chi connectivity index (χ2v) is 12.6. The largest absolute Gasteiger partial charge is 0.505 e. The lowest BCUT2D eigenvalue weighted by molar-refractivity contribution is -0.140. The molecule has 2 atom stereocenters. The molecular weight excluding hydrogens is 609 g/mol. The van der Waals surface area contributed by atoms with Crippen LogP contribution >= 0.6 is 23.2 Å². The van der Waals surface area contributed by atoms with Crippen molar-refractivity contribution in [3.8, 4) is 5.75 Å². The molecule has 3 fully saturated rings. The number of phenolic OH excluding ortho intramolecular Hbond substituents is 1. The minimum absolute atomic E-state index is 0.0110. The lowest BCUT2D eigenvalue weighted by Crippen LogP contribution is -2.51. The smallest absolute Gasteiger partial charge is 0.410 e. The van der Waals surface area contributed by atoms with Crippen molar-refractivity contribution in [2.75, 3.05) is 57.9 Å². The predicted octanol–water partition coefficient (Wildman–Crippen LogP) is 4.19. The number of carbonyl (C=O) groups excluding carboxylic acids is 3. The van der Waals surface area contributed by atoms with E-state index in [4.69, 9.17) is 32.7 Å². The fraction of sp³-hybridized carbons (Fsp3) is 0.516. The molecule has 2 aromatic rings. The van der Waals surface area contributed by atoms with Gasteiger partial charge in [0, 0.05) is 63.5 Å². The molecular formula is C31H37Cl2N5O6. The van der Waals surface area contributed by atoms with Crippen molar-refractivity contribution in [1.82, 2.24) is 19.6 Å². The van der Waals surface area contributed by atoms with Crippen molar-refractivity contribution in [2.24, 2.45) is 0 Å². The normalized spacial score (nSPS) is 22.0. The molecule has 0 aromatic heterocycles. The van der Waals surface area contributed by atoms with E-state index < -0.39 is 12.2 Å². The number of hydrogen-bond acceptors (Lipinski definition) is 7. The number of urea groups is 1. The molecule has 0 radical (unpaired) electrons. The first-order valence-corrected chi connectivity index (χ1v) is 15.9. The van der Waals surface area contributed by atoms with E-state index in [1.54, 1.807) is 9.80 Å². The molecule has 236 valence electrons. The Kier molecular flexibility index (Phi) is 9.37. The number of nitrogens with one attached hydrogen (secondary N) is 1. The molecule has 1 unspecified atom stereocenters. The molecule has 4 aliphatic heterocycles. The van der Waals surface area contributed by atoms with Gasteiger partial charge in [-0.15, -0.1) is 0 Å². The summed E-state index contributed by atoms with van der Waals surface area (Å²) in [6.07, 6.45) is 1.17. The van der Waals surface area contributed by atoms with E-state index in [0.717, 1.165) is 30.6 Å². The molecule has 0 spiro atoms. The van der Waals surface area contributed by atoms with Gasteiger partial charge in [0.05, 0.1) is 23.4 Å². The Morgan fingerprint density at radius 1 is 1.00 bits per heavy atom. The van der Waals surface area contributed by atoms with Gasteiger partial charge in [0.1, 0.15) is 0 Å². The molecule has 4 amide bonds. The van der Waals surface area contributed by atoms with Gasteiger partial charge in [0.15, 0.2) is 11.9 Å². The lowest BCUT2D eigenvalue weighted by Gasteiger charge is -2.38. The van der Waals surface area contributed by atoms with Crippen LogP contribution in [0.4, 0.5) is 15.3 Å². The molecule has 0 aliphatic carbocycles. The van der Waals surface area contributed by atoms with E-state index in [9.17, 15) is 19.5 Å². The zero-order valence-corrected chi connectivity index (χ0v) is 25.9. The number of rotatable bonds is 6. The van der Waals surface area contributed by atoms with Gasteiger partial charge in [-0.3, -0.25) is 9.69 Å². The highest BCUT2D eigenvalue weighted by atomic mass is 35.5. The average molecular weight is 647 g/mol. The third kappa shape index (κ3) is 6.71. The fourth-order valence-electron chi connectivity index (χ4n) is 6.58. The number of benzene rings is 2. The van der Waals surface area contributed by atoms with E-state index in [2.05, 4.69) is 10.2 Å². The number of halogens is 2. The first-order chi connectivity index (χ1) is 21.3. The number of nitrogens with zero attached hydrogens (tertiary/aromatic N) is 4. The summed E-state index contributed by atoms with van der Waals surface area (Å²) < 4.78 is 11.4. The van der Waals surface area contributed by atoms with Crippen molar-refractivity contribution < 1.29 is 29.0 Å². The zero-order valence-electron chi connectivity index (χ0n) is 24.4. The minimum Gasteiger partial charge on any atom is -0.505 e. The van der Waals surface area contributed by atoms with Gasteiger partial charge in [-0.2, -0.15) is 0 Å². The summed E-state index contributed by atoms with van der Waals surface area (Å²) in [7, 11) is 0. The predicted molar refractivity (Wildman–Crippen MR) is 165 cm³/mol. The number of hydrogen-bond donors (Lipinski definition) is 2. The maximum Gasteiger partial charge on any atom is 0.410 e. The van der Waals surface area contributed by atoms with E-state index in [1.807, 2.05) is 29.2 Å². The molecule has 3 saturated heterocycles. The Morgan fingerprint density at radius 2 is 1.70 bits per heavy atom. The van der Waals surface area contributed by atoms with Crippen LogP contribution in [-0.2, 0) is 27.1 Å². The number of anilines is 1. The van der Waals surface area contributed by atoms with Crippen molar-refractivity contribution in [3.05, 3.63) is 57.6 Å². The second-order valence-electron chi connectivity index (χ2n) is 11.8. The minimum atomic E-state index is -1.10. The van der Waals surface area contributed by atoms with Gasteiger partial charge >= 0.3 is 12.1 Å². The molecule has 0 saturated carbocycles. The van der Waals surface area contributed by atoms with Gasteiger partial charge in [-0.1, -0.05) is 41.4 Å². The standard InChI is InChI=1S/C31H37Cl2N5O6/c32-24-15-20(16-25(33)28(24)39)17-27(29(40)36-11-8-23(18-36)37-13-14-43-19-37)44-31(42)35-9-6-22(7-10-35)38-12-5-21-3-1-2-4-26(21)34-30(38)41/h1-4,15-16,22-23,27,39H,5-14,17-19H2,(H,34,41)/t23?,27-/m1/s1. The molecule has 4 aliphatic rings. The van der Waals surface area contributed by atoms with Crippen LogP contribution in [0.1, 0.15) is 30.4 Å². The van der Waals surface area contributed by atoms with Gasteiger partial charge in [-0.25, -0.2) is 9.59 Å². The zero-order chi connectivity index (χ0) is 30.8. The summed E-state index contributed by atoms with van der Waals surface area (Å²) in [4.78, 5) is 47.7. The fourth-order valence-corrected chi connectivity index (χ4v) is 7.12. The number of likely N-dealkylation sites (tertiary alicyclic amines) is 2. The Bertz CT molecular complexity index is 1370. The summed E-state index contributed by atoms with van der Waals surface area (Å²) in [6, 6.07) is 10.9. The van der Waals surface area contributed by atoms with Crippen molar-refractivity contribution in [1.29, 1.82) is 0 Å². The van der Waals surface area contributed by atoms with E-state index in [-0.39, 0.29) is 46.2 Å². The van der Waals surface area contributed by atoms with Crippen molar-refractivity contribution in [3.63, 3.8) is 0 Å². The van der Waals surface area contributed by atoms with E-state index >= 15 is 0 Å². The van der Waals surface area contributed by atoms with Crippen LogP contribution in [0, 0.1) is 0 Å². The number of ether oxygens (including phenoxy) is 2. The summed E-state index contributed by atoms with van der Waals surface area (Å²) in [5.74, 6) is -0.519. The number of amides is 4. The van der Waals surface area contributed by atoms with E-state index in [0.29, 0.717) is 64.5 Å². The summed E-state index contributed by atoms with van der Waals surface area (Å²) in [5.41, 5.74) is 2.51. The summed E-state index contributed by atoms with van der Waals surface area (Å²) in [5, 5.41) is 13.2. The number of fused-ring (bicyclic) bond motifs is 1. The number of phenols is 1. The molecule has 4 heterocycles. The number of para-hydroxylation sites is 1. The van der Waals surface area contributed by atoms with Crippen LogP contribution < -0.4 is 5.32 Å². The van der Waals surface area contributed by atoms with Gasteiger partial charge in [0.2, 0.25) is 0 Å². The highest BCUT2D eigenvalue weighted by Gasteiger charge is 2.38. The molecule has 2 aromatic carbocycles. The molecule has 11 nitrogen and oxygen atoms in total. The Hall–Kier alpha value is -3.25. The van der Waals surface area contributed by atoms with Crippen LogP contribution in [0.3, 0.4) is 0 Å². The highest BCUT2D eigenvalue weighted by molar-refractivity contribution is 6.37. The molecule has 6 rings (SSSR count). The van der Waals surface area contributed by atoms with Crippen molar-refractivity contribution >= 4 is 46.9 Å². The SMILES string of the molecule is O=C(O[C@H](Cc1cc(Cl)c(O)c(Cl)c1)C(=O)N1CCC(N2CCOC2)C1)N1CCC(N2CCc3ccccc3NC2=O)CC1. The monoisotopic (exact) mass is 645 g/mol. The maximum atomic E-state index is 13.8. The molecule has 0 bridgehead atoms. The van der Waals surface area contributed by atoms with Crippen LogP contribution in [0.15, 0.2) is 36.4 Å². The quantitative estimate of drug-likeness (QED) is 0.484. The molecule has 13 heteroatoms. The number of aromatic hydroxyl groups is 1.